The van der Waals surface area contributed by atoms with Gasteiger partial charge in [0.2, 0.25) is 0 Å². The second kappa shape index (κ2) is 4.38. The van der Waals surface area contributed by atoms with Gasteiger partial charge >= 0.3 is 8.25 Å². The Bertz CT molecular complexity index is 261. The molecule has 66 valence electrons. The first-order valence-corrected chi connectivity index (χ1v) is 4.59. The van der Waals surface area contributed by atoms with Crippen molar-refractivity contribution in [2.24, 2.45) is 0 Å². The Balaban J connectivity index is 2.65. The maximum Gasteiger partial charge on any atom is 0.319 e. The van der Waals surface area contributed by atoms with Crippen LogP contribution in [0, 0.1) is 0 Å². The third-order valence-electron chi connectivity index (χ3n) is 1.30. The van der Waals surface area contributed by atoms with Crippen molar-refractivity contribution in [1.82, 2.24) is 0 Å². The molecule has 0 aliphatic rings. The monoisotopic (exact) mass is 188 g/mol. The Kier molecular flexibility index (Phi) is 3.44. The topological polar surface area (TPSA) is 66.8 Å². The molecule has 0 amide bonds. The summed E-state index contributed by atoms with van der Waals surface area (Å²) >= 11 is 0. The maximum absolute atomic E-state index is 10.2. The summed E-state index contributed by atoms with van der Waals surface area (Å²) in [7, 11) is -3.08. The van der Waals surface area contributed by atoms with Crippen molar-refractivity contribution in [3.63, 3.8) is 0 Å². The Morgan fingerprint density at radius 1 is 1.33 bits per heavy atom. The van der Waals surface area contributed by atoms with Crippen LogP contribution in [-0.4, -0.2) is 10.00 Å². The van der Waals surface area contributed by atoms with Gasteiger partial charge in [0.15, 0.2) is 6.29 Å². The summed E-state index contributed by atoms with van der Waals surface area (Å²) in [6.07, 6.45) is -1.32. The molecule has 0 radical (unpaired) electrons. The van der Waals surface area contributed by atoms with Crippen LogP contribution in [0.5, 0.6) is 0 Å². The molecular formula is C7H9O4P. The zero-order chi connectivity index (χ0) is 8.97. The van der Waals surface area contributed by atoms with Crippen molar-refractivity contribution in [2.75, 3.05) is 0 Å². The van der Waals surface area contributed by atoms with E-state index in [9.17, 15) is 4.57 Å². The van der Waals surface area contributed by atoms with Gasteiger partial charge in [-0.1, -0.05) is 30.3 Å². The van der Waals surface area contributed by atoms with Gasteiger partial charge < -0.3 is 10.00 Å². The van der Waals surface area contributed by atoms with Crippen molar-refractivity contribution in [3.8, 4) is 0 Å². The van der Waals surface area contributed by atoms with E-state index in [0.717, 1.165) is 0 Å². The summed E-state index contributed by atoms with van der Waals surface area (Å²) in [5.74, 6) is 0. The van der Waals surface area contributed by atoms with E-state index in [-0.39, 0.29) is 0 Å². The molecule has 2 atom stereocenters. The highest BCUT2D eigenvalue weighted by atomic mass is 31.1. The highest BCUT2D eigenvalue weighted by Crippen LogP contribution is 2.25. The third kappa shape index (κ3) is 2.75. The average Bonchev–Trinajstić information content (AvgIpc) is 2.05. The Morgan fingerprint density at radius 3 is 2.42 bits per heavy atom. The molecule has 0 aliphatic carbocycles. The van der Waals surface area contributed by atoms with Gasteiger partial charge in [-0.3, -0.25) is 9.09 Å². The van der Waals surface area contributed by atoms with Crippen molar-refractivity contribution < 1.29 is 19.1 Å². The zero-order valence-electron chi connectivity index (χ0n) is 6.18. The summed E-state index contributed by atoms with van der Waals surface area (Å²) in [6.45, 7) is 0. The first kappa shape index (κ1) is 9.42. The van der Waals surface area contributed by atoms with Crippen LogP contribution in [0.25, 0.3) is 0 Å². The van der Waals surface area contributed by atoms with E-state index in [1.807, 2.05) is 0 Å². The molecule has 1 rings (SSSR count). The van der Waals surface area contributed by atoms with Gasteiger partial charge in [-0.15, -0.1) is 0 Å². The van der Waals surface area contributed by atoms with Crippen molar-refractivity contribution in [2.45, 2.75) is 6.29 Å². The van der Waals surface area contributed by atoms with E-state index in [0.29, 0.717) is 5.56 Å². The lowest BCUT2D eigenvalue weighted by atomic mass is 10.2. The van der Waals surface area contributed by atoms with E-state index in [1.54, 1.807) is 30.3 Å². The van der Waals surface area contributed by atoms with Crippen LogP contribution < -0.4 is 0 Å². The third-order valence-corrected chi connectivity index (χ3v) is 1.72. The van der Waals surface area contributed by atoms with Crippen molar-refractivity contribution >= 4 is 8.25 Å². The molecule has 0 spiro atoms. The lowest BCUT2D eigenvalue weighted by Crippen LogP contribution is -1.96. The smallest absolute Gasteiger partial charge is 0.319 e. The van der Waals surface area contributed by atoms with Gasteiger partial charge in [0.05, 0.1) is 0 Å². The van der Waals surface area contributed by atoms with Crippen LogP contribution in [0.2, 0.25) is 0 Å². The van der Waals surface area contributed by atoms with Crippen LogP contribution in [0.15, 0.2) is 30.3 Å². The minimum absolute atomic E-state index is 0.463. The van der Waals surface area contributed by atoms with Crippen LogP contribution in [-0.2, 0) is 9.09 Å². The molecule has 0 saturated carbocycles. The van der Waals surface area contributed by atoms with Gasteiger partial charge in [0.25, 0.3) is 0 Å². The van der Waals surface area contributed by atoms with Crippen molar-refractivity contribution in [3.05, 3.63) is 35.9 Å². The largest absolute Gasteiger partial charge is 0.364 e. The van der Waals surface area contributed by atoms with E-state index in [1.165, 1.54) is 0 Å². The summed E-state index contributed by atoms with van der Waals surface area (Å²) in [6, 6.07) is 8.40. The molecule has 0 aliphatic heterocycles. The Labute approximate surface area is 70.4 Å². The fourth-order valence-corrected chi connectivity index (χ4v) is 1.11. The minimum Gasteiger partial charge on any atom is -0.364 e. The van der Waals surface area contributed by atoms with Crippen LogP contribution in [0.1, 0.15) is 11.9 Å². The predicted molar refractivity (Wildman–Crippen MR) is 43.7 cm³/mol. The average molecular weight is 188 g/mol. The number of aliphatic hydroxyl groups excluding tert-OH is 1. The van der Waals surface area contributed by atoms with Gasteiger partial charge in [-0.2, -0.15) is 0 Å². The highest BCUT2D eigenvalue weighted by molar-refractivity contribution is 7.32. The first-order chi connectivity index (χ1) is 5.70. The van der Waals surface area contributed by atoms with E-state index < -0.39 is 14.5 Å². The Morgan fingerprint density at radius 2 is 1.92 bits per heavy atom. The first-order valence-electron chi connectivity index (χ1n) is 3.33. The fraction of sp³-hybridized carbons (Fsp3) is 0.143. The molecular weight excluding hydrogens is 179 g/mol. The molecule has 0 saturated heterocycles. The van der Waals surface area contributed by atoms with Gasteiger partial charge in [0, 0.05) is 5.56 Å². The fourth-order valence-electron chi connectivity index (χ4n) is 0.781. The van der Waals surface area contributed by atoms with Crippen molar-refractivity contribution in [1.29, 1.82) is 0 Å². The zero-order valence-corrected chi connectivity index (χ0v) is 7.18. The second-order valence-electron chi connectivity index (χ2n) is 2.15. The number of hydrogen-bond donors (Lipinski definition) is 2. The lowest BCUT2D eigenvalue weighted by molar-refractivity contribution is -0.0207. The molecule has 5 heteroatoms. The number of aliphatic hydroxyl groups is 1. The molecule has 2 N–H and O–H groups in total. The summed E-state index contributed by atoms with van der Waals surface area (Å²) in [5.41, 5.74) is 0.463. The standard InChI is InChI=1S/C7H9O4P/c8-7(11-12(9)10)6-4-2-1-3-5-6/h1-5,7-8,12H,(H,9,10). The van der Waals surface area contributed by atoms with Crippen LogP contribution >= 0.6 is 8.25 Å². The van der Waals surface area contributed by atoms with E-state index in [2.05, 4.69) is 4.52 Å². The predicted octanol–water partition coefficient (Wildman–Crippen LogP) is 1.08. The quantitative estimate of drug-likeness (QED) is 0.550. The Hall–Kier alpha value is -0.670. The number of rotatable bonds is 3. The maximum atomic E-state index is 10.2. The minimum atomic E-state index is -3.08. The number of hydrogen-bond acceptors (Lipinski definition) is 3. The molecule has 0 aromatic heterocycles. The van der Waals surface area contributed by atoms with Crippen LogP contribution in [0.3, 0.4) is 0 Å². The van der Waals surface area contributed by atoms with Gasteiger partial charge in [0.1, 0.15) is 0 Å². The molecule has 12 heavy (non-hydrogen) atoms. The molecule has 1 aromatic rings. The molecule has 4 nitrogen and oxygen atoms in total. The molecule has 1 aromatic carbocycles. The highest BCUT2D eigenvalue weighted by Gasteiger charge is 2.08. The van der Waals surface area contributed by atoms with Gasteiger partial charge in [-0.05, 0) is 0 Å². The normalized spacial score (nSPS) is 15.5. The van der Waals surface area contributed by atoms with Gasteiger partial charge in [-0.25, -0.2) is 0 Å². The SMILES string of the molecule is O=[PH](O)OC(O)c1ccccc1. The molecule has 2 unspecified atom stereocenters. The second-order valence-corrected chi connectivity index (χ2v) is 2.91. The lowest BCUT2D eigenvalue weighted by Gasteiger charge is -2.08. The molecule has 0 fully saturated rings. The summed E-state index contributed by atoms with van der Waals surface area (Å²) in [4.78, 5) is 8.35. The molecule has 0 bridgehead atoms. The number of benzene rings is 1. The summed E-state index contributed by atoms with van der Waals surface area (Å²) in [5, 5.41) is 9.13. The van der Waals surface area contributed by atoms with E-state index >= 15 is 0 Å². The van der Waals surface area contributed by atoms with Crippen LogP contribution in [0.4, 0.5) is 0 Å². The summed E-state index contributed by atoms with van der Waals surface area (Å²) < 4.78 is 14.5. The molecule has 0 heterocycles. The van der Waals surface area contributed by atoms with E-state index in [4.69, 9.17) is 10.00 Å².